The fourth-order valence-electron chi connectivity index (χ4n) is 1.86. The second-order valence-corrected chi connectivity index (χ2v) is 4.21. The Bertz CT molecular complexity index is 615. The molecule has 0 radical (unpaired) electrons. The molecule has 0 aliphatic heterocycles. The Morgan fingerprint density at radius 3 is 2.26 bits per heavy atom. The predicted molar refractivity (Wildman–Crippen MR) is 69.5 cm³/mol. The number of hydrogen-bond acceptors (Lipinski definition) is 2. The van der Waals surface area contributed by atoms with Crippen molar-refractivity contribution >= 4 is 5.69 Å². The summed E-state index contributed by atoms with van der Waals surface area (Å²) in [5, 5.41) is 12.2. The standard InChI is InChI=1S/C15H12F2N2/c1-10-8-12(17)4-7-14(10)15(9-18)19-13-5-2-11(16)3-6-13/h2-8,15,19H,1H3. The molecule has 2 nitrogen and oxygen atoms in total. The van der Waals surface area contributed by atoms with Gasteiger partial charge in [0.25, 0.3) is 0 Å². The van der Waals surface area contributed by atoms with Crippen molar-refractivity contribution in [1.82, 2.24) is 0 Å². The molecule has 1 N–H and O–H groups in total. The number of halogens is 2. The van der Waals surface area contributed by atoms with Crippen LogP contribution in [0.3, 0.4) is 0 Å². The molecular formula is C15H12F2N2. The van der Waals surface area contributed by atoms with Gasteiger partial charge in [-0.05, 0) is 54.4 Å². The SMILES string of the molecule is Cc1cc(F)ccc1C(C#N)Nc1ccc(F)cc1. The average molecular weight is 258 g/mol. The highest BCUT2D eigenvalue weighted by Gasteiger charge is 2.13. The summed E-state index contributed by atoms with van der Waals surface area (Å²) < 4.78 is 25.8. The summed E-state index contributed by atoms with van der Waals surface area (Å²) in [6.07, 6.45) is 0. The van der Waals surface area contributed by atoms with E-state index in [1.54, 1.807) is 25.1 Å². The molecule has 0 bridgehead atoms. The fraction of sp³-hybridized carbons (Fsp3) is 0.133. The van der Waals surface area contributed by atoms with E-state index in [0.29, 0.717) is 16.8 Å². The van der Waals surface area contributed by atoms with Crippen molar-refractivity contribution in [3.8, 4) is 6.07 Å². The van der Waals surface area contributed by atoms with Crippen LogP contribution >= 0.6 is 0 Å². The van der Waals surface area contributed by atoms with E-state index >= 15 is 0 Å². The van der Waals surface area contributed by atoms with E-state index in [2.05, 4.69) is 11.4 Å². The van der Waals surface area contributed by atoms with Gasteiger partial charge < -0.3 is 5.32 Å². The largest absolute Gasteiger partial charge is 0.366 e. The zero-order valence-corrected chi connectivity index (χ0v) is 10.3. The minimum absolute atomic E-state index is 0.334. The van der Waals surface area contributed by atoms with Gasteiger partial charge in [-0.15, -0.1) is 0 Å². The second kappa shape index (κ2) is 5.49. The lowest BCUT2D eigenvalue weighted by atomic mass is 10.0. The van der Waals surface area contributed by atoms with Gasteiger partial charge >= 0.3 is 0 Å². The first-order valence-corrected chi connectivity index (χ1v) is 5.78. The Morgan fingerprint density at radius 2 is 1.68 bits per heavy atom. The second-order valence-electron chi connectivity index (χ2n) is 4.21. The third kappa shape index (κ3) is 3.08. The number of nitrogens with zero attached hydrogens (tertiary/aromatic N) is 1. The lowest BCUT2D eigenvalue weighted by molar-refractivity contribution is 0.625. The first kappa shape index (κ1) is 13.0. The van der Waals surface area contributed by atoms with Gasteiger partial charge in [-0.25, -0.2) is 8.78 Å². The molecule has 2 aromatic carbocycles. The van der Waals surface area contributed by atoms with E-state index in [9.17, 15) is 14.0 Å². The summed E-state index contributed by atoms with van der Waals surface area (Å²) >= 11 is 0. The maximum atomic E-state index is 13.0. The minimum Gasteiger partial charge on any atom is -0.366 e. The highest BCUT2D eigenvalue weighted by Crippen LogP contribution is 2.22. The molecule has 0 spiro atoms. The van der Waals surface area contributed by atoms with Crippen LogP contribution in [-0.4, -0.2) is 0 Å². The van der Waals surface area contributed by atoms with Crippen LogP contribution < -0.4 is 5.32 Å². The summed E-state index contributed by atoms with van der Waals surface area (Å²) in [6, 6.07) is 11.5. The molecule has 96 valence electrons. The molecule has 0 aromatic heterocycles. The maximum Gasteiger partial charge on any atom is 0.140 e. The number of anilines is 1. The number of hydrogen-bond donors (Lipinski definition) is 1. The molecule has 0 aliphatic rings. The van der Waals surface area contributed by atoms with Crippen LogP contribution in [0.25, 0.3) is 0 Å². The molecule has 2 aromatic rings. The van der Waals surface area contributed by atoms with Gasteiger partial charge in [0, 0.05) is 5.69 Å². The summed E-state index contributed by atoms with van der Waals surface area (Å²) in [5.41, 5.74) is 2.03. The molecule has 1 atom stereocenters. The molecule has 0 amide bonds. The van der Waals surface area contributed by atoms with Gasteiger partial charge in [0.2, 0.25) is 0 Å². The first-order chi connectivity index (χ1) is 9.10. The van der Waals surface area contributed by atoms with Crippen molar-refractivity contribution in [3.05, 3.63) is 65.2 Å². The number of nitriles is 1. The van der Waals surface area contributed by atoms with Crippen molar-refractivity contribution in [2.24, 2.45) is 0 Å². The van der Waals surface area contributed by atoms with Crippen molar-refractivity contribution < 1.29 is 8.78 Å². The van der Waals surface area contributed by atoms with Crippen LogP contribution in [0.2, 0.25) is 0 Å². The normalized spacial score (nSPS) is 11.7. The number of rotatable bonds is 3. The molecule has 0 aliphatic carbocycles. The topological polar surface area (TPSA) is 35.8 Å². The Balaban J connectivity index is 2.25. The Labute approximate surface area is 110 Å². The lowest BCUT2D eigenvalue weighted by Gasteiger charge is -2.15. The van der Waals surface area contributed by atoms with E-state index in [1.165, 1.54) is 24.3 Å². The Morgan fingerprint density at radius 1 is 1.05 bits per heavy atom. The molecule has 19 heavy (non-hydrogen) atoms. The highest BCUT2D eigenvalue weighted by molar-refractivity contribution is 5.48. The van der Waals surface area contributed by atoms with Crippen LogP contribution in [-0.2, 0) is 0 Å². The lowest BCUT2D eigenvalue weighted by Crippen LogP contribution is -2.10. The predicted octanol–water partition coefficient (Wildman–Crippen LogP) is 3.95. The van der Waals surface area contributed by atoms with Gasteiger partial charge in [-0.2, -0.15) is 5.26 Å². The fourth-order valence-corrected chi connectivity index (χ4v) is 1.86. The molecule has 0 heterocycles. The molecule has 2 rings (SSSR count). The van der Waals surface area contributed by atoms with Crippen LogP contribution in [0.15, 0.2) is 42.5 Å². The van der Waals surface area contributed by atoms with Crippen molar-refractivity contribution in [3.63, 3.8) is 0 Å². The van der Waals surface area contributed by atoms with Crippen LogP contribution in [0.5, 0.6) is 0 Å². The molecule has 1 unspecified atom stereocenters. The smallest absolute Gasteiger partial charge is 0.140 e. The number of benzene rings is 2. The van der Waals surface area contributed by atoms with Crippen molar-refractivity contribution in [2.75, 3.05) is 5.32 Å². The summed E-state index contributed by atoms with van der Waals surface area (Å²) in [7, 11) is 0. The van der Waals surface area contributed by atoms with Gasteiger partial charge in [0.1, 0.15) is 17.7 Å². The maximum absolute atomic E-state index is 13.0. The highest BCUT2D eigenvalue weighted by atomic mass is 19.1. The quantitative estimate of drug-likeness (QED) is 0.904. The Kier molecular flexibility index (Phi) is 3.76. The van der Waals surface area contributed by atoms with Crippen molar-refractivity contribution in [2.45, 2.75) is 13.0 Å². The van der Waals surface area contributed by atoms with E-state index in [1.807, 2.05) is 0 Å². The van der Waals surface area contributed by atoms with E-state index in [0.717, 1.165) is 0 Å². The van der Waals surface area contributed by atoms with Crippen LogP contribution in [0, 0.1) is 29.9 Å². The van der Waals surface area contributed by atoms with E-state index < -0.39 is 6.04 Å². The van der Waals surface area contributed by atoms with Gasteiger partial charge in [0.05, 0.1) is 6.07 Å². The molecule has 0 fully saturated rings. The molecular weight excluding hydrogens is 246 g/mol. The number of aryl methyl sites for hydroxylation is 1. The van der Waals surface area contributed by atoms with E-state index in [-0.39, 0.29) is 11.6 Å². The third-order valence-corrected chi connectivity index (χ3v) is 2.83. The summed E-state index contributed by atoms with van der Waals surface area (Å²) in [5.74, 6) is -0.670. The van der Waals surface area contributed by atoms with Crippen LogP contribution in [0.1, 0.15) is 17.2 Å². The van der Waals surface area contributed by atoms with Crippen LogP contribution in [0.4, 0.5) is 14.5 Å². The van der Waals surface area contributed by atoms with Gasteiger partial charge in [0.15, 0.2) is 0 Å². The third-order valence-electron chi connectivity index (χ3n) is 2.83. The molecule has 4 heteroatoms. The monoisotopic (exact) mass is 258 g/mol. The summed E-state index contributed by atoms with van der Waals surface area (Å²) in [4.78, 5) is 0. The molecule has 0 saturated carbocycles. The number of nitrogens with one attached hydrogen (secondary N) is 1. The zero-order chi connectivity index (χ0) is 13.8. The Hall–Kier alpha value is -2.41. The first-order valence-electron chi connectivity index (χ1n) is 5.78. The van der Waals surface area contributed by atoms with E-state index in [4.69, 9.17) is 0 Å². The zero-order valence-electron chi connectivity index (χ0n) is 10.3. The minimum atomic E-state index is -0.605. The van der Waals surface area contributed by atoms with Gasteiger partial charge in [-0.1, -0.05) is 6.07 Å². The van der Waals surface area contributed by atoms with Crippen molar-refractivity contribution in [1.29, 1.82) is 5.26 Å². The molecule has 0 saturated heterocycles. The van der Waals surface area contributed by atoms with Gasteiger partial charge in [-0.3, -0.25) is 0 Å². The average Bonchev–Trinajstić information content (AvgIpc) is 2.39. The summed E-state index contributed by atoms with van der Waals surface area (Å²) in [6.45, 7) is 1.75.